The summed E-state index contributed by atoms with van der Waals surface area (Å²) in [5.41, 5.74) is -0.169. The first-order chi connectivity index (χ1) is 9.99. The predicted molar refractivity (Wildman–Crippen MR) is 73.3 cm³/mol. The number of carbonyl (C=O) groups excluding carboxylic acids is 2. The van der Waals surface area contributed by atoms with Crippen LogP contribution in [0.5, 0.6) is 0 Å². The summed E-state index contributed by atoms with van der Waals surface area (Å²) in [6.07, 6.45) is 0. The Kier molecular flexibility index (Phi) is 3.84. The standard InChI is InChI=1S/C14H11NO6/c1-20-13(16)10-5-3-4-8-6-9(15(18)19)7-11(12(8)10)14(17)21-2/h3-7H,1-2H3. The highest BCUT2D eigenvalue weighted by atomic mass is 16.6. The molecule has 0 saturated heterocycles. The molecule has 0 heterocycles. The number of non-ortho nitro benzene ring substituents is 1. The van der Waals surface area contributed by atoms with Crippen LogP contribution in [-0.4, -0.2) is 31.1 Å². The van der Waals surface area contributed by atoms with E-state index in [0.717, 1.165) is 13.2 Å². The lowest BCUT2D eigenvalue weighted by atomic mass is 9.98. The molecule has 0 aromatic heterocycles. The molecule has 2 aromatic carbocycles. The van der Waals surface area contributed by atoms with Gasteiger partial charge in [-0.3, -0.25) is 10.1 Å². The molecule has 2 rings (SSSR count). The number of methoxy groups -OCH3 is 2. The van der Waals surface area contributed by atoms with Crippen LogP contribution in [0.15, 0.2) is 30.3 Å². The number of ether oxygens (including phenoxy) is 2. The van der Waals surface area contributed by atoms with Gasteiger partial charge in [0.25, 0.3) is 5.69 Å². The minimum absolute atomic E-state index is 0.0531. The van der Waals surface area contributed by atoms with Gasteiger partial charge in [-0.05, 0) is 11.5 Å². The van der Waals surface area contributed by atoms with Gasteiger partial charge in [-0.2, -0.15) is 0 Å². The summed E-state index contributed by atoms with van der Waals surface area (Å²) in [7, 11) is 2.37. The zero-order valence-corrected chi connectivity index (χ0v) is 11.3. The van der Waals surface area contributed by atoms with Crippen molar-refractivity contribution in [2.75, 3.05) is 14.2 Å². The molecule has 0 atom stereocenters. The summed E-state index contributed by atoms with van der Waals surface area (Å²) in [6, 6.07) is 6.97. The molecule has 0 radical (unpaired) electrons. The van der Waals surface area contributed by atoms with E-state index in [2.05, 4.69) is 9.47 Å². The maximum absolute atomic E-state index is 11.9. The maximum Gasteiger partial charge on any atom is 0.338 e. The van der Waals surface area contributed by atoms with Crippen LogP contribution in [0.25, 0.3) is 10.8 Å². The van der Waals surface area contributed by atoms with E-state index in [0.29, 0.717) is 5.39 Å². The van der Waals surface area contributed by atoms with E-state index < -0.39 is 16.9 Å². The van der Waals surface area contributed by atoms with Crippen LogP contribution in [0, 0.1) is 10.1 Å². The van der Waals surface area contributed by atoms with E-state index in [1.54, 1.807) is 12.1 Å². The van der Waals surface area contributed by atoms with Gasteiger partial charge in [-0.15, -0.1) is 0 Å². The third kappa shape index (κ3) is 2.53. The second-order valence-electron chi connectivity index (χ2n) is 4.14. The number of carbonyl (C=O) groups is 2. The third-order valence-corrected chi connectivity index (χ3v) is 2.98. The number of esters is 2. The van der Waals surface area contributed by atoms with Crippen molar-refractivity contribution >= 4 is 28.4 Å². The Hall–Kier alpha value is -2.96. The van der Waals surface area contributed by atoms with E-state index in [4.69, 9.17) is 0 Å². The molecule has 0 N–H and O–H groups in total. The van der Waals surface area contributed by atoms with Crippen molar-refractivity contribution in [3.63, 3.8) is 0 Å². The number of nitro benzene ring substituents is 1. The average molecular weight is 289 g/mol. The maximum atomic E-state index is 11.9. The molecular formula is C14H11NO6. The Balaban J connectivity index is 2.89. The first kappa shape index (κ1) is 14.4. The van der Waals surface area contributed by atoms with Gasteiger partial charge in [0.2, 0.25) is 0 Å². The second kappa shape index (κ2) is 5.58. The van der Waals surface area contributed by atoms with Gasteiger partial charge in [0.05, 0.1) is 30.3 Å². The van der Waals surface area contributed by atoms with Crippen molar-refractivity contribution < 1.29 is 24.0 Å². The van der Waals surface area contributed by atoms with Crippen molar-refractivity contribution in [2.24, 2.45) is 0 Å². The van der Waals surface area contributed by atoms with E-state index in [-0.39, 0.29) is 22.2 Å². The predicted octanol–water partition coefficient (Wildman–Crippen LogP) is 2.32. The smallest absolute Gasteiger partial charge is 0.338 e. The van der Waals surface area contributed by atoms with E-state index >= 15 is 0 Å². The number of hydrogen-bond donors (Lipinski definition) is 0. The first-order valence-electron chi connectivity index (χ1n) is 5.87. The summed E-state index contributed by atoms with van der Waals surface area (Å²) in [5, 5.41) is 11.6. The number of nitrogens with zero attached hydrogens (tertiary/aromatic N) is 1. The normalized spacial score (nSPS) is 10.2. The van der Waals surface area contributed by atoms with Gasteiger partial charge >= 0.3 is 11.9 Å². The Labute approximate surface area is 119 Å². The average Bonchev–Trinajstić information content (AvgIpc) is 2.51. The van der Waals surface area contributed by atoms with Crippen molar-refractivity contribution in [1.82, 2.24) is 0 Å². The fraction of sp³-hybridized carbons (Fsp3) is 0.143. The molecule has 0 spiro atoms. The van der Waals surface area contributed by atoms with Crippen molar-refractivity contribution in [2.45, 2.75) is 0 Å². The van der Waals surface area contributed by atoms with Crippen LogP contribution < -0.4 is 0 Å². The summed E-state index contributed by atoms with van der Waals surface area (Å²) in [4.78, 5) is 34.0. The summed E-state index contributed by atoms with van der Waals surface area (Å²) >= 11 is 0. The molecule has 0 unspecified atom stereocenters. The Morgan fingerprint density at radius 1 is 1.05 bits per heavy atom. The van der Waals surface area contributed by atoms with E-state index in [1.807, 2.05) is 0 Å². The quantitative estimate of drug-likeness (QED) is 0.489. The van der Waals surface area contributed by atoms with Crippen LogP contribution in [0.1, 0.15) is 20.7 Å². The van der Waals surface area contributed by atoms with Crippen LogP contribution in [0.4, 0.5) is 5.69 Å². The van der Waals surface area contributed by atoms with Crippen LogP contribution in [-0.2, 0) is 9.47 Å². The molecule has 0 amide bonds. The largest absolute Gasteiger partial charge is 0.465 e. The van der Waals surface area contributed by atoms with E-state index in [1.165, 1.54) is 19.2 Å². The topological polar surface area (TPSA) is 95.7 Å². The van der Waals surface area contributed by atoms with Gasteiger partial charge in [0.15, 0.2) is 0 Å². The molecule has 7 heteroatoms. The Morgan fingerprint density at radius 3 is 2.24 bits per heavy atom. The monoisotopic (exact) mass is 289 g/mol. The van der Waals surface area contributed by atoms with Gasteiger partial charge in [-0.1, -0.05) is 12.1 Å². The molecule has 0 aliphatic carbocycles. The Bertz CT molecular complexity index is 752. The highest BCUT2D eigenvalue weighted by Crippen LogP contribution is 2.29. The van der Waals surface area contributed by atoms with Crippen molar-refractivity contribution in [3.05, 3.63) is 51.6 Å². The fourth-order valence-corrected chi connectivity index (χ4v) is 2.07. The number of hydrogen-bond acceptors (Lipinski definition) is 6. The fourth-order valence-electron chi connectivity index (χ4n) is 2.07. The van der Waals surface area contributed by atoms with Gasteiger partial charge < -0.3 is 9.47 Å². The molecule has 21 heavy (non-hydrogen) atoms. The lowest BCUT2D eigenvalue weighted by molar-refractivity contribution is -0.384. The lowest BCUT2D eigenvalue weighted by Gasteiger charge is -2.09. The zero-order valence-electron chi connectivity index (χ0n) is 11.3. The second-order valence-corrected chi connectivity index (χ2v) is 4.14. The molecule has 0 saturated carbocycles. The highest BCUT2D eigenvalue weighted by molar-refractivity contribution is 6.14. The van der Waals surface area contributed by atoms with Crippen molar-refractivity contribution in [3.8, 4) is 0 Å². The van der Waals surface area contributed by atoms with Crippen LogP contribution >= 0.6 is 0 Å². The van der Waals surface area contributed by atoms with E-state index in [9.17, 15) is 19.7 Å². The first-order valence-corrected chi connectivity index (χ1v) is 5.87. The third-order valence-electron chi connectivity index (χ3n) is 2.98. The molecular weight excluding hydrogens is 278 g/mol. The van der Waals surface area contributed by atoms with Gasteiger partial charge in [-0.25, -0.2) is 9.59 Å². The number of benzene rings is 2. The van der Waals surface area contributed by atoms with Crippen LogP contribution in [0.3, 0.4) is 0 Å². The lowest BCUT2D eigenvalue weighted by Crippen LogP contribution is -2.08. The Morgan fingerprint density at radius 2 is 1.67 bits per heavy atom. The number of nitro groups is 1. The molecule has 0 bridgehead atoms. The van der Waals surface area contributed by atoms with Gasteiger partial charge in [0.1, 0.15) is 0 Å². The van der Waals surface area contributed by atoms with Gasteiger partial charge in [0, 0.05) is 17.5 Å². The summed E-state index contributed by atoms with van der Waals surface area (Å²) in [6.45, 7) is 0. The molecule has 0 aliphatic rings. The zero-order chi connectivity index (χ0) is 15.6. The molecule has 0 fully saturated rings. The summed E-state index contributed by atoms with van der Waals surface area (Å²) in [5.74, 6) is -1.40. The number of fused-ring (bicyclic) bond motifs is 1. The number of rotatable bonds is 3. The summed E-state index contributed by atoms with van der Waals surface area (Å²) < 4.78 is 9.30. The minimum atomic E-state index is -0.764. The molecule has 108 valence electrons. The molecule has 0 aliphatic heterocycles. The van der Waals surface area contributed by atoms with Crippen LogP contribution in [0.2, 0.25) is 0 Å². The minimum Gasteiger partial charge on any atom is -0.465 e. The highest BCUT2D eigenvalue weighted by Gasteiger charge is 2.22. The molecule has 2 aromatic rings. The SMILES string of the molecule is COC(=O)c1cccc2cc([N+](=O)[O-])cc(C(=O)OC)c12. The molecule has 7 nitrogen and oxygen atoms in total. The van der Waals surface area contributed by atoms with Crippen molar-refractivity contribution in [1.29, 1.82) is 0 Å².